The second kappa shape index (κ2) is 7.77. The van der Waals surface area contributed by atoms with E-state index in [4.69, 9.17) is 26.4 Å². The van der Waals surface area contributed by atoms with Crippen molar-refractivity contribution in [3.63, 3.8) is 0 Å². The number of methoxy groups -OCH3 is 2. The summed E-state index contributed by atoms with van der Waals surface area (Å²) < 4.78 is 56.1. The molecular formula is C16H19F3N2O5S. The Hall–Kier alpha value is -2.27. The van der Waals surface area contributed by atoms with Crippen LogP contribution >= 0.6 is 12.2 Å². The van der Waals surface area contributed by atoms with Gasteiger partial charge in [0.15, 0.2) is 5.11 Å². The Labute approximate surface area is 158 Å². The van der Waals surface area contributed by atoms with Crippen LogP contribution in [0.3, 0.4) is 0 Å². The van der Waals surface area contributed by atoms with Crippen LogP contribution in [-0.4, -0.2) is 48.9 Å². The molecule has 1 heterocycles. The quantitative estimate of drug-likeness (QED) is 0.501. The minimum Gasteiger partial charge on any atom is -0.497 e. The lowest BCUT2D eigenvalue weighted by Crippen LogP contribution is -2.73. The topological polar surface area (TPSA) is 89.1 Å². The molecule has 0 bridgehead atoms. The number of aliphatic hydroxyl groups is 1. The van der Waals surface area contributed by atoms with Crippen LogP contribution in [0.2, 0.25) is 0 Å². The van der Waals surface area contributed by atoms with E-state index in [-0.39, 0.29) is 17.9 Å². The van der Waals surface area contributed by atoms with Crippen molar-refractivity contribution in [3.8, 4) is 11.5 Å². The molecule has 0 amide bonds. The fourth-order valence-electron chi connectivity index (χ4n) is 2.87. The zero-order valence-corrected chi connectivity index (χ0v) is 15.5. The van der Waals surface area contributed by atoms with Crippen LogP contribution < -0.4 is 20.1 Å². The number of esters is 1. The molecule has 0 aromatic heterocycles. The molecular weight excluding hydrogens is 389 g/mol. The van der Waals surface area contributed by atoms with Crippen LogP contribution in [-0.2, 0) is 9.53 Å². The lowest BCUT2D eigenvalue weighted by atomic mass is 9.81. The van der Waals surface area contributed by atoms with Crippen molar-refractivity contribution in [1.82, 2.24) is 10.6 Å². The molecule has 1 aromatic rings. The van der Waals surface area contributed by atoms with Crippen molar-refractivity contribution < 1.29 is 37.3 Å². The lowest BCUT2D eigenvalue weighted by Gasteiger charge is -2.45. The third-order valence-electron chi connectivity index (χ3n) is 4.12. The number of hydrogen-bond acceptors (Lipinski definition) is 6. The summed E-state index contributed by atoms with van der Waals surface area (Å²) in [5.74, 6) is -2.80. The maximum atomic E-state index is 13.7. The van der Waals surface area contributed by atoms with Crippen molar-refractivity contribution in [3.05, 3.63) is 23.8 Å². The van der Waals surface area contributed by atoms with Gasteiger partial charge in [-0.2, -0.15) is 13.2 Å². The van der Waals surface area contributed by atoms with Crippen molar-refractivity contribution in [2.45, 2.75) is 24.9 Å². The summed E-state index contributed by atoms with van der Waals surface area (Å²) in [6, 6.07) is 2.98. The van der Waals surface area contributed by atoms with E-state index < -0.39 is 34.9 Å². The first-order chi connectivity index (χ1) is 12.6. The SMILES string of the molecule is CCOC(=O)[C@@H]1[C@@H](c2ccc(OC)cc2OC)NC(=S)N[C@@]1(O)C(F)(F)F. The average molecular weight is 408 g/mol. The van der Waals surface area contributed by atoms with Gasteiger partial charge in [0.05, 0.1) is 26.9 Å². The van der Waals surface area contributed by atoms with Crippen LogP contribution in [0.4, 0.5) is 13.2 Å². The molecule has 27 heavy (non-hydrogen) atoms. The molecule has 7 nitrogen and oxygen atoms in total. The Morgan fingerprint density at radius 2 is 2.00 bits per heavy atom. The van der Waals surface area contributed by atoms with Crippen molar-refractivity contribution >= 4 is 23.3 Å². The van der Waals surface area contributed by atoms with E-state index in [1.807, 2.05) is 0 Å². The van der Waals surface area contributed by atoms with E-state index in [1.54, 1.807) is 5.32 Å². The van der Waals surface area contributed by atoms with E-state index >= 15 is 0 Å². The second-order valence-electron chi connectivity index (χ2n) is 5.68. The van der Waals surface area contributed by atoms with Gasteiger partial charge in [-0.05, 0) is 31.3 Å². The first-order valence-electron chi connectivity index (χ1n) is 7.85. The number of alkyl halides is 3. The van der Waals surface area contributed by atoms with Gasteiger partial charge in [0, 0.05) is 11.6 Å². The number of carbonyl (C=O) groups is 1. The number of benzene rings is 1. The molecule has 0 spiro atoms. The zero-order chi connectivity index (χ0) is 20.4. The fourth-order valence-corrected chi connectivity index (χ4v) is 3.15. The monoisotopic (exact) mass is 408 g/mol. The Bertz CT molecular complexity index is 730. The highest BCUT2D eigenvalue weighted by molar-refractivity contribution is 7.80. The van der Waals surface area contributed by atoms with Gasteiger partial charge >= 0.3 is 12.1 Å². The number of halogens is 3. The summed E-state index contributed by atoms with van der Waals surface area (Å²) in [7, 11) is 2.73. The molecule has 3 atom stereocenters. The molecule has 0 unspecified atom stereocenters. The normalized spacial score (nSPS) is 25.2. The van der Waals surface area contributed by atoms with Gasteiger partial charge in [0.1, 0.15) is 17.4 Å². The molecule has 0 saturated carbocycles. The third-order valence-corrected chi connectivity index (χ3v) is 4.34. The second-order valence-corrected chi connectivity index (χ2v) is 6.09. The Morgan fingerprint density at radius 3 is 2.52 bits per heavy atom. The van der Waals surface area contributed by atoms with Gasteiger partial charge in [0.25, 0.3) is 5.72 Å². The van der Waals surface area contributed by atoms with Crippen molar-refractivity contribution in [1.29, 1.82) is 0 Å². The molecule has 3 N–H and O–H groups in total. The number of nitrogens with one attached hydrogen (secondary N) is 2. The van der Waals surface area contributed by atoms with Crippen LogP contribution in [0.5, 0.6) is 11.5 Å². The Balaban J connectivity index is 2.64. The van der Waals surface area contributed by atoms with Crippen molar-refractivity contribution in [2.75, 3.05) is 20.8 Å². The summed E-state index contributed by atoms with van der Waals surface area (Å²) in [6.07, 6.45) is -5.21. The van der Waals surface area contributed by atoms with E-state index in [9.17, 15) is 23.1 Å². The van der Waals surface area contributed by atoms with E-state index in [1.165, 1.54) is 39.3 Å². The summed E-state index contributed by atoms with van der Waals surface area (Å²) in [4.78, 5) is 12.4. The highest BCUT2D eigenvalue weighted by atomic mass is 32.1. The first-order valence-corrected chi connectivity index (χ1v) is 8.26. The van der Waals surface area contributed by atoms with E-state index in [0.717, 1.165) is 0 Å². The summed E-state index contributed by atoms with van der Waals surface area (Å²) in [5, 5.41) is 14.3. The predicted molar refractivity (Wildman–Crippen MR) is 92.3 cm³/mol. The Kier molecular flexibility index (Phi) is 6.05. The first kappa shape index (κ1) is 21.0. The summed E-state index contributed by atoms with van der Waals surface area (Å²) in [6.45, 7) is 1.28. The molecule has 11 heteroatoms. The lowest BCUT2D eigenvalue weighted by molar-refractivity contribution is -0.292. The van der Waals surface area contributed by atoms with Gasteiger partial charge in [-0.15, -0.1) is 0 Å². The number of ether oxygens (including phenoxy) is 3. The maximum absolute atomic E-state index is 13.7. The minimum atomic E-state index is -5.21. The highest BCUT2D eigenvalue weighted by Gasteiger charge is 2.66. The van der Waals surface area contributed by atoms with Crippen LogP contribution in [0.25, 0.3) is 0 Å². The van der Waals surface area contributed by atoms with Gasteiger partial charge < -0.3 is 30.0 Å². The smallest absolute Gasteiger partial charge is 0.437 e. The molecule has 1 aromatic carbocycles. The molecule has 1 aliphatic rings. The average Bonchev–Trinajstić information content (AvgIpc) is 2.59. The third kappa shape index (κ3) is 3.88. The minimum absolute atomic E-state index is 0.148. The maximum Gasteiger partial charge on any atom is 0.437 e. The van der Waals surface area contributed by atoms with Crippen LogP contribution in [0.15, 0.2) is 18.2 Å². The van der Waals surface area contributed by atoms with Gasteiger partial charge in [-0.3, -0.25) is 4.79 Å². The molecule has 1 fully saturated rings. The highest BCUT2D eigenvalue weighted by Crippen LogP contribution is 2.45. The van der Waals surface area contributed by atoms with Crippen LogP contribution in [0, 0.1) is 5.92 Å². The number of rotatable bonds is 5. The van der Waals surface area contributed by atoms with E-state index in [0.29, 0.717) is 5.75 Å². The largest absolute Gasteiger partial charge is 0.497 e. The number of thiocarbonyl (C=S) groups is 1. The van der Waals surface area contributed by atoms with E-state index in [2.05, 4.69) is 5.32 Å². The molecule has 0 aliphatic carbocycles. The zero-order valence-electron chi connectivity index (χ0n) is 14.7. The number of carbonyl (C=O) groups excluding carboxylic acids is 1. The molecule has 2 rings (SSSR count). The van der Waals surface area contributed by atoms with Gasteiger partial charge in [-0.1, -0.05) is 0 Å². The molecule has 1 aliphatic heterocycles. The van der Waals surface area contributed by atoms with Crippen LogP contribution in [0.1, 0.15) is 18.5 Å². The van der Waals surface area contributed by atoms with Gasteiger partial charge in [0.2, 0.25) is 0 Å². The molecule has 0 radical (unpaired) electrons. The standard InChI is InChI=1S/C16H19F3N2O5S/c1-4-26-13(22)11-12(9-6-5-8(24-2)7-10(9)25-3)20-14(27)21-15(11,23)16(17,18)19/h5-7,11-12,23H,4H2,1-3H3,(H2,20,21,27)/t11-,12+,15-/m0/s1. The number of hydrogen-bond donors (Lipinski definition) is 3. The predicted octanol–water partition coefficient (Wildman–Crippen LogP) is 1.65. The summed E-state index contributed by atoms with van der Waals surface area (Å²) in [5.41, 5.74) is -3.46. The van der Waals surface area contributed by atoms with Crippen molar-refractivity contribution in [2.24, 2.45) is 5.92 Å². The molecule has 1 saturated heterocycles. The summed E-state index contributed by atoms with van der Waals surface area (Å²) >= 11 is 4.83. The van der Waals surface area contributed by atoms with Gasteiger partial charge in [-0.25, -0.2) is 0 Å². The Morgan fingerprint density at radius 1 is 1.33 bits per heavy atom. The fraction of sp³-hybridized carbons (Fsp3) is 0.500. The molecule has 150 valence electrons.